The Kier molecular flexibility index (Phi) is 6.62. The fourth-order valence-corrected chi connectivity index (χ4v) is 3.22. The highest BCUT2D eigenvalue weighted by atomic mass is 16.6. The largest absolute Gasteiger partial charge is 0.497 e. The van der Waals surface area contributed by atoms with E-state index in [1.807, 2.05) is 4.90 Å². The highest BCUT2D eigenvalue weighted by molar-refractivity contribution is 5.77. The minimum atomic E-state index is -0.482. The van der Waals surface area contributed by atoms with E-state index in [-0.39, 0.29) is 23.9 Å². The lowest BCUT2D eigenvalue weighted by atomic mass is 10.2. The summed E-state index contributed by atoms with van der Waals surface area (Å²) >= 11 is 0. The molecule has 3 rings (SSSR count). The first kappa shape index (κ1) is 20.6. The molecule has 0 atom stereocenters. The van der Waals surface area contributed by atoms with Crippen molar-refractivity contribution in [3.63, 3.8) is 0 Å². The highest BCUT2D eigenvalue weighted by Gasteiger charge is 2.29. The van der Waals surface area contributed by atoms with E-state index in [1.54, 1.807) is 18.2 Å². The van der Waals surface area contributed by atoms with Gasteiger partial charge in [0.1, 0.15) is 17.8 Å². The summed E-state index contributed by atoms with van der Waals surface area (Å²) in [6.07, 6.45) is 1.30. The van der Waals surface area contributed by atoms with Crippen LogP contribution in [-0.2, 0) is 0 Å². The Labute approximate surface area is 168 Å². The van der Waals surface area contributed by atoms with Gasteiger partial charge in [-0.25, -0.2) is 9.97 Å². The summed E-state index contributed by atoms with van der Waals surface area (Å²) in [6, 6.07) is 5.11. The van der Waals surface area contributed by atoms with Crippen molar-refractivity contribution in [3.05, 3.63) is 34.6 Å². The van der Waals surface area contributed by atoms with Gasteiger partial charge in [-0.15, -0.1) is 0 Å². The Morgan fingerprint density at radius 2 is 1.97 bits per heavy atom. The summed E-state index contributed by atoms with van der Waals surface area (Å²) < 4.78 is 10.6. The van der Waals surface area contributed by atoms with Crippen LogP contribution >= 0.6 is 0 Å². The molecular weight excluding hydrogens is 380 g/mol. The number of aliphatic hydroxyl groups is 1. The molecule has 0 unspecified atom stereocenters. The number of aromatic nitrogens is 2. The van der Waals surface area contributed by atoms with Crippen LogP contribution in [0.3, 0.4) is 0 Å². The Morgan fingerprint density at radius 3 is 2.59 bits per heavy atom. The summed E-state index contributed by atoms with van der Waals surface area (Å²) in [5, 5.41) is 24.0. The van der Waals surface area contributed by atoms with Crippen molar-refractivity contribution in [2.75, 3.05) is 63.8 Å². The van der Waals surface area contributed by atoms with Crippen LogP contribution in [0.25, 0.3) is 0 Å². The van der Waals surface area contributed by atoms with Gasteiger partial charge in [0.25, 0.3) is 0 Å². The number of nitro groups is 1. The second kappa shape index (κ2) is 9.34. The molecule has 11 heteroatoms. The number of hydrogen-bond acceptors (Lipinski definition) is 10. The molecule has 0 bridgehead atoms. The third-order valence-corrected chi connectivity index (χ3v) is 4.73. The van der Waals surface area contributed by atoms with E-state index in [1.165, 1.54) is 20.5 Å². The zero-order valence-electron chi connectivity index (χ0n) is 16.4. The lowest BCUT2D eigenvalue weighted by Crippen LogP contribution is -2.47. The van der Waals surface area contributed by atoms with Gasteiger partial charge >= 0.3 is 5.69 Å². The van der Waals surface area contributed by atoms with Crippen molar-refractivity contribution < 1.29 is 19.5 Å². The number of hydrogen-bond donors (Lipinski definition) is 2. The lowest BCUT2D eigenvalue weighted by molar-refractivity contribution is -0.383. The van der Waals surface area contributed by atoms with Gasteiger partial charge in [0.15, 0.2) is 0 Å². The first-order valence-electron chi connectivity index (χ1n) is 9.14. The lowest BCUT2D eigenvalue weighted by Gasteiger charge is -2.34. The van der Waals surface area contributed by atoms with Crippen LogP contribution in [-0.4, -0.2) is 78.4 Å². The van der Waals surface area contributed by atoms with Crippen LogP contribution in [0, 0.1) is 10.1 Å². The quantitative estimate of drug-likeness (QED) is 0.490. The third-order valence-electron chi connectivity index (χ3n) is 4.73. The van der Waals surface area contributed by atoms with Crippen molar-refractivity contribution in [1.29, 1.82) is 0 Å². The van der Waals surface area contributed by atoms with Crippen LogP contribution in [0.15, 0.2) is 24.5 Å². The van der Waals surface area contributed by atoms with Gasteiger partial charge in [-0.2, -0.15) is 0 Å². The number of nitrogens with zero attached hydrogens (tertiary/aromatic N) is 5. The smallest absolute Gasteiger partial charge is 0.353 e. The minimum absolute atomic E-state index is 0.0735. The molecule has 0 spiro atoms. The molecule has 2 N–H and O–H groups in total. The monoisotopic (exact) mass is 404 g/mol. The Hall–Kier alpha value is -3.18. The van der Waals surface area contributed by atoms with Crippen LogP contribution < -0.4 is 19.7 Å². The van der Waals surface area contributed by atoms with E-state index < -0.39 is 4.92 Å². The van der Waals surface area contributed by atoms with Crippen molar-refractivity contribution in [1.82, 2.24) is 14.9 Å². The average Bonchev–Trinajstić information content (AvgIpc) is 2.74. The number of nitrogens with one attached hydrogen (secondary N) is 1. The first-order chi connectivity index (χ1) is 14.1. The zero-order chi connectivity index (χ0) is 20.8. The van der Waals surface area contributed by atoms with Crippen LogP contribution in [0.4, 0.5) is 23.0 Å². The second-order valence-corrected chi connectivity index (χ2v) is 6.40. The molecule has 1 aromatic heterocycles. The number of aliphatic hydroxyl groups excluding tert-OH is 1. The number of anilines is 3. The van der Waals surface area contributed by atoms with Crippen molar-refractivity contribution in [2.24, 2.45) is 0 Å². The molecule has 1 fully saturated rings. The fraction of sp³-hybridized carbons (Fsp3) is 0.444. The van der Waals surface area contributed by atoms with Crippen LogP contribution in [0.1, 0.15) is 0 Å². The van der Waals surface area contributed by atoms with Gasteiger partial charge in [0.05, 0.1) is 31.4 Å². The van der Waals surface area contributed by atoms with Crippen molar-refractivity contribution in [3.8, 4) is 11.5 Å². The van der Waals surface area contributed by atoms with Crippen LogP contribution in [0.5, 0.6) is 11.5 Å². The summed E-state index contributed by atoms with van der Waals surface area (Å²) in [7, 11) is 3.05. The van der Waals surface area contributed by atoms with E-state index >= 15 is 0 Å². The molecule has 1 aliphatic heterocycles. The molecule has 0 radical (unpaired) electrons. The van der Waals surface area contributed by atoms with E-state index in [2.05, 4.69) is 20.2 Å². The van der Waals surface area contributed by atoms with Crippen molar-refractivity contribution in [2.45, 2.75) is 0 Å². The van der Waals surface area contributed by atoms with E-state index in [0.29, 0.717) is 49.9 Å². The molecule has 0 aliphatic carbocycles. The summed E-state index contributed by atoms with van der Waals surface area (Å²) in [6.45, 7) is 3.19. The zero-order valence-corrected chi connectivity index (χ0v) is 16.4. The maximum atomic E-state index is 11.9. The Morgan fingerprint density at radius 1 is 1.21 bits per heavy atom. The predicted molar refractivity (Wildman–Crippen MR) is 107 cm³/mol. The highest BCUT2D eigenvalue weighted by Crippen LogP contribution is 2.37. The molecule has 0 amide bonds. The third kappa shape index (κ3) is 4.63. The average molecular weight is 404 g/mol. The molecule has 1 aliphatic rings. The predicted octanol–water partition coefficient (Wildman–Crippen LogP) is 1.26. The van der Waals surface area contributed by atoms with Gasteiger partial charge in [-0.1, -0.05) is 0 Å². The summed E-state index contributed by atoms with van der Waals surface area (Å²) in [5.41, 5.74) is 0.292. The summed E-state index contributed by atoms with van der Waals surface area (Å²) in [4.78, 5) is 23.6. The number of benzene rings is 1. The SMILES string of the molecule is COc1ccc(OC)c(Nc2ncnc(N3CCN(CCO)CC3)c2[N+](=O)[O-])c1. The minimum Gasteiger partial charge on any atom is -0.497 e. The molecule has 29 heavy (non-hydrogen) atoms. The molecule has 11 nitrogen and oxygen atoms in total. The Balaban J connectivity index is 1.91. The van der Waals surface area contributed by atoms with Gasteiger partial charge in [0, 0.05) is 38.8 Å². The molecule has 1 saturated heterocycles. The van der Waals surface area contributed by atoms with Gasteiger partial charge < -0.3 is 24.8 Å². The van der Waals surface area contributed by atoms with Gasteiger partial charge in [-0.3, -0.25) is 15.0 Å². The fourth-order valence-electron chi connectivity index (χ4n) is 3.22. The molecule has 0 saturated carbocycles. The van der Waals surface area contributed by atoms with Crippen LogP contribution in [0.2, 0.25) is 0 Å². The van der Waals surface area contributed by atoms with E-state index in [0.717, 1.165) is 0 Å². The van der Waals surface area contributed by atoms with E-state index in [4.69, 9.17) is 14.6 Å². The van der Waals surface area contributed by atoms with E-state index in [9.17, 15) is 10.1 Å². The van der Waals surface area contributed by atoms with Crippen molar-refractivity contribution >= 4 is 23.0 Å². The number of piperazine rings is 1. The number of ether oxygens (including phenoxy) is 2. The van der Waals surface area contributed by atoms with Gasteiger partial charge in [-0.05, 0) is 12.1 Å². The number of rotatable bonds is 8. The molecule has 2 heterocycles. The molecular formula is C18H24N6O5. The molecule has 1 aromatic carbocycles. The maximum Gasteiger partial charge on any atom is 0.353 e. The van der Waals surface area contributed by atoms with Gasteiger partial charge in [0.2, 0.25) is 11.6 Å². The normalized spacial score (nSPS) is 14.5. The molecule has 156 valence electrons. The number of methoxy groups -OCH3 is 2. The Bertz CT molecular complexity index is 857. The standard InChI is InChI=1S/C18H24N6O5/c1-28-13-3-4-15(29-2)14(11-13)21-17-16(24(26)27)18(20-12-19-17)23-7-5-22(6-8-23)9-10-25/h3-4,11-12,25H,5-10H2,1-2H3,(H,19,20,21). The number of β-amino-alcohol motifs (C(OH)–C–C–N with tert-alkyl or cyclic N) is 1. The first-order valence-corrected chi connectivity index (χ1v) is 9.14. The topological polar surface area (TPSA) is 126 Å². The maximum absolute atomic E-state index is 11.9. The summed E-state index contributed by atoms with van der Waals surface area (Å²) in [5.74, 6) is 1.41. The second-order valence-electron chi connectivity index (χ2n) is 6.40. The molecule has 2 aromatic rings.